The van der Waals surface area contributed by atoms with E-state index < -0.39 is 5.97 Å². The number of benzene rings is 2. The van der Waals surface area contributed by atoms with Crippen LogP contribution >= 0.6 is 0 Å². The Kier molecular flexibility index (Phi) is 4.29. The zero-order chi connectivity index (χ0) is 18.2. The molecule has 3 rings (SSSR count). The molecule has 0 aliphatic carbocycles. The number of hydrogen-bond donors (Lipinski definition) is 2. The molecule has 4 nitrogen and oxygen atoms in total. The molecule has 0 bridgehead atoms. The smallest absolute Gasteiger partial charge is 0.307 e. The third-order valence-corrected chi connectivity index (χ3v) is 4.48. The Morgan fingerprint density at radius 1 is 1.12 bits per heavy atom. The standard InChI is InChI=1S/C21H23NO3/c1-21(2,3)14-7-10-18-16(11-14)17(12-19(23)24)20(22-18)13-5-8-15(25-4)9-6-13/h5-11,22H,12H2,1-4H3,(H,23,24). The van der Waals surface area contributed by atoms with Crippen molar-refractivity contribution in [3.05, 3.63) is 53.6 Å². The molecule has 0 spiro atoms. The van der Waals surface area contributed by atoms with Crippen LogP contribution in [0.1, 0.15) is 31.9 Å². The summed E-state index contributed by atoms with van der Waals surface area (Å²) in [7, 11) is 1.63. The van der Waals surface area contributed by atoms with Gasteiger partial charge in [0.05, 0.1) is 19.2 Å². The molecule has 0 unspecified atom stereocenters. The fourth-order valence-corrected chi connectivity index (χ4v) is 3.05. The fourth-order valence-electron chi connectivity index (χ4n) is 3.05. The molecule has 0 aliphatic rings. The number of aliphatic carboxylic acids is 1. The van der Waals surface area contributed by atoms with Crippen molar-refractivity contribution in [3.8, 4) is 17.0 Å². The zero-order valence-corrected chi connectivity index (χ0v) is 15.0. The Morgan fingerprint density at radius 3 is 2.36 bits per heavy atom. The van der Waals surface area contributed by atoms with Crippen molar-refractivity contribution < 1.29 is 14.6 Å². The number of fused-ring (bicyclic) bond motifs is 1. The quantitative estimate of drug-likeness (QED) is 0.721. The summed E-state index contributed by atoms with van der Waals surface area (Å²) < 4.78 is 5.21. The number of hydrogen-bond acceptors (Lipinski definition) is 2. The molecule has 2 aromatic carbocycles. The third kappa shape index (κ3) is 3.38. The van der Waals surface area contributed by atoms with Crippen LogP contribution in [0, 0.1) is 0 Å². The summed E-state index contributed by atoms with van der Waals surface area (Å²) in [6.07, 6.45) is -0.0189. The second-order valence-electron chi connectivity index (χ2n) is 7.29. The van der Waals surface area contributed by atoms with Gasteiger partial charge in [-0.1, -0.05) is 26.8 Å². The van der Waals surface area contributed by atoms with Gasteiger partial charge in [0.2, 0.25) is 0 Å². The molecule has 3 aromatic rings. The largest absolute Gasteiger partial charge is 0.497 e. The van der Waals surface area contributed by atoms with Gasteiger partial charge in [-0.3, -0.25) is 4.79 Å². The lowest BCUT2D eigenvalue weighted by atomic mass is 9.86. The molecule has 4 heteroatoms. The van der Waals surface area contributed by atoms with Gasteiger partial charge in [0, 0.05) is 10.9 Å². The van der Waals surface area contributed by atoms with E-state index in [0.29, 0.717) is 0 Å². The maximum absolute atomic E-state index is 11.4. The van der Waals surface area contributed by atoms with Gasteiger partial charge in [0.1, 0.15) is 5.75 Å². The van der Waals surface area contributed by atoms with E-state index in [1.165, 1.54) is 5.56 Å². The first-order valence-electron chi connectivity index (χ1n) is 8.31. The van der Waals surface area contributed by atoms with Crippen molar-refractivity contribution in [2.24, 2.45) is 0 Å². The molecule has 0 saturated carbocycles. The van der Waals surface area contributed by atoms with Crippen molar-refractivity contribution in [1.82, 2.24) is 4.98 Å². The Hall–Kier alpha value is -2.75. The van der Waals surface area contributed by atoms with E-state index in [1.54, 1.807) is 7.11 Å². The molecule has 1 aromatic heterocycles. The molecule has 130 valence electrons. The summed E-state index contributed by atoms with van der Waals surface area (Å²) in [6.45, 7) is 6.46. The Bertz CT molecular complexity index is 915. The average molecular weight is 337 g/mol. The van der Waals surface area contributed by atoms with E-state index in [9.17, 15) is 9.90 Å². The number of aromatic amines is 1. The van der Waals surface area contributed by atoms with Gasteiger partial charge in [0.15, 0.2) is 0 Å². The Balaban J connectivity index is 2.21. The SMILES string of the molecule is COc1ccc(-c2[nH]c3ccc(C(C)(C)C)cc3c2CC(=O)O)cc1. The Labute approximate surface area is 147 Å². The van der Waals surface area contributed by atoms with Gasteiger partial charge in [-0.15, -0.1) is 0 Å². The monoisotopic (exact) mass is 337 g/mol. The predicted octanol–water partition coefficient (Wildman–Crippen LogP) is 4.77. The third-order valence-electron chi connectivity index (χ3n) is 4.48. The van der Waals surface area contributed by atoms with Crippen molar-refractivity contribution in [1.29, 1.82) is 0 Å². The minimum Gasteiger partial charge on any atom is -0.497 e. The molecule has 1 heterocycles. The van der Waals surface area contributed by atoms with E-state index in [0.717, 1.165) is 33.5 Å². The maximum atomic E-state index is 11.4. The van der Waals surface area contributed by atoms with Crippen LogP contribution in [0.2, 0.25) is 0 Å². The van der Waals surface area contributed by atoms with Crippen LogP contribution in [0.25, 0.3) is 22.2 Å². The van der Waals surface area contributed by atoms with Gasteiger partial charge >= 0.3 is 5.97 Å². The first-order chi connectivity index (χ1) is 11.8. The molecule has 0 aliphatic heterocycles. The molecular weight excluding hydrogens is 314 g/mol. The zero-order valence-electron chi connectivity index (χ0n) is 15.0. The van der Waals surface area contributed by atoms with E-state index in [-0.39, 0.29) is 11.8 Å². The second-order valence-corrected chi connectivity index (χ2v) is 7.29. The second kappa shape index (κ2) is 6.28. The first kappa shape index (κ1) is 17.1. The van der Waals surface area contributed by atoms with E-state index in [1.807, 2.05) is 30.3 Å². The summed E-state index contributed by atoms with van der Waals surface area (Å²) in [5.41, 5.74) is 4.77. The molecule has 2 N–H and O–H groups in total. The first-order valence-corrected chi connectivity index (χ1v) is 8.31. The molecular formula is C21H23NO3. The van der Waals surface area contributed by atoms with E-state index >= 15 is 0 Å². The van der Waals surface area contributed by atoms with Crippen molar-refractivity contribution in [3.63, 3.8) is 0 Å². The van der Waals surface area contributed by atoms with E-state index in [2.05, 4.69) is 37.9 Å². The van der Waals surface area contributed by atoms with Crippen LogP contribution in [0.4, 0.5) is 0 Å². The lowest BCUT2D eigenvalue weighted by molar-refractivity contribution is -0.136. The normalized spacial score (nSPS) is 11.7. The summed E-state index contributed by atoms with van der Waals surface area (Å²) in [4.78, 5) is 14.8. The molecule has 0 fully saturated rings. The predicted molar refractivity (Wildman–Crippen MR) is 100 cm³/mol. The number of carboxylic acids is 1. The number of methoxy groups -OCH3 is 1. The highest BCUT2D eigenvalue weighted by Crippen LogP contribution is 2.34. The number of aromatic nitrogens is 1. The minimum atomic E-state index is -0.836. The van der Waals surface area contributed by atoms with Crippen molar-refractivity contribution in [2.45, 2.75) is 32.6 Å². The minimum absolute atomic E-state index is 0.00618. The van der Waals surface area contributed by atoms with Crippen LogP contribution in [0.3, 0.4) is 0 Å². The van der Waals surface area contributed by atoms with Crippen LogP contribution < -0.4 is 4.74 Å². The van der Waals surface area contributed by atoms with Crippen molar-refractivity contribution >= 4 is 16.9 Å². The number of rotatable bonds is 4. The summed E-state index contributed by atoms with van der Waals surface area (Å²) in [5.74, 6) is -0.0634. The van der Waals surface area contributed by atoms with Crippen LogP contribution in [0.15, 0.2) is 42.5 Å². The average Bonchev–Trinajstić information content (AvgIpc) is 2.91. The van der Waals surface area contributed by atoms with Gasteiger partial charge in [-0.2, -0.15) is 0 Å². The number of ether oxygens (including phenoxy) is 1. The molecule has 0 saturated heterocycles. The van der Waals surface area contributed by atoms with Gasteiger partial charge in [0.25, 0.3) is 0 Å². The van der Waals surface area contributed by atoms with Gasteiger partial charge in [-0.05, 0) is 58.5 Å². The molecule has 25 heavy (non-hydrogen) atoms. The van der Waals surface area contributed by atoms with Crippen LogP contribution in [0.5, 0.6) is 5.75 Å². The summed E-state index contributed by atoms with van der Waals surface area (Å²) in [6, 6.07) is 13.9. The number of H-pyrrole nitrogens is 1. The number of carbonyl (C=O) groups is 1. The topological polar surface area (TPSA) is 62.3 Å². The molecule has 0 atom stereocenters. The number of carboxylic acid groups (broad SMARTS) is 1. The number of nitrogens with one attached hydrogen (secondary N) is 1. The van der Waals surface area contributed by atoms with E-state index in [4.69, 9.17) is 4.74 Å². The fraction of sp³-hybridized carbons (Fsp3) is 0.286. The van der Waals surface area contributed by atoms with Crippen molar-refractivity contribution in [2.75, 3.05) is 7.11 Å². The maximum Gasteiger partial charge on any atom is 0.307 e. The lowest BCUT2D eigenvalue weighted by Gasteiger charge is -2.19. The lowest BCUT2D eigenvalue weighted by Crippen LogP contribution is -2.10. The van der Waals surface area contributed by atoms with Gasteiger partial charge < -0.3 is 14.8 Å². The highest BCUT2D eigenvalue weighted by atomic mass is 16.5. The molecule has 0 radical (unpaired) electrons. The highest BCUT2D eigenvalue weighted by Gasteiger charge is 2.19. The highest BCUT2D eigenvalue weighted by molar-refractivity contribution is 5.94. The van der Waals surface area contributed by atoms with Crippen LogP contribution in [-0.4, -0.2) is 23.2 Å². The van der Waals surface area contributed by atoms with Gasteiger partial charge in [-0.25, -0.2) is 0 Å². The Morgan fingerprint density at radius 2 is 1.80 bits per heavy atom. The molecule has 0 amide bonds. The van der Waals surface area contributed by atoms with Crippen LogP contribution in [-0.2, 0) is 16.6 Å². The summed E-state index contributed by atoms with van der Waals surface area (Å²) >= 11 is 0. The summed E-state index contributed by atoms with van der Waals surface area (Å²) in [5, 5.41) is 10.4.